The highest BCUT2D eigenvalue weighted by atomic mass is 32.2. The molecule has 11 heteroatoms. The van der Waals surface area contributed by atoms with Crippen LogP contribution in [0.2, 0.25) is 0 Å². The largest absolute Gasteiger partial charge is 0.398 e. The highest BCUT2D eigenvalue weighted by molar-refractivity contribution is 7.92. The molecule has 1 saturated heterocycles. The van der Waals surface area contributed by atoms with Gasteiger partial charge in [-0.05, 0) is 42.9 Å². The minimum atomic E-state index is -4.35. The van der Waals surface area contributed by atoms with Gasteiger partial charge in [-0.25, -0.2) is 21.6 Å². The normalized spacial score (nSPS) is 22.9. The predicted molar refractivity (Wildman–Crippen MR) is 97.4 cm³/mol. The Morgan fingerprint density at radius 1 is 1.18 bits per heavy atom. The van der Waals surface area contributed by atoms with E-state index in [1.807, 2.05) is 0 Å². The second-order valence-electron chi connectivity index (χ2n) is 7.18. The lowest BCUT2D eigenvalue weighted by atomic mass is 9.95. The monoisotopic (exact) mass is 438 g/mol. The van der Waals surface area contributed by atoms with Crippen LogP contribution >= 0.6 is 0 Å². The second-order valence-corrected chi connectivity index (χ2v) is 10.8. The van der Waals surface area contributed by atoms with Gasteiger partial charge in [0.05, 0.1) is 10.3 Å². The van der Waals surface area contributed by atoms with Crippen LogP contribution in [0.3, 0.4) is 0 Å². The third-order valence-electron chi connectivity index (χ3n) is 5.38. The summed E-state index contributed by atoms with van der Waals surface area (Å²) in [7, 11) is -7.44. The lowest BCUT2D eigenvalue weighted by Crippen LogP contribution is -2.32. The van der Waals surface area contributed by atoms with Gasteiger partial charge in [0.25, 0.3) is 0 Å². The number of hydrogen-bond acceptors (Lipinski definition) is 4. The molecule has 1 aromatic carbocycles. The molecule has 0 bridgehead atoms. The summed E-state index contributed by atoms with van der Waals surface area (Å²) in [5, 5.41) is 0.783. The quantitative estimate of drug-likeness (QED) is 0.709. The summed E-state index contributed by atoms with van der Waals surface area (Å²) in [6.07, 6.45) is -3.85. The molecule has 0 spiro atoms. The van der Waals surface area contributed by atoms with Gasteiger partial charge in [-0.3, -0.25) is 0 Å². The summed E-state index contributed by atoms with van der Waals surface area (Å²) < 4.78 is 91.5. The van der Waals surface area contributed by atoms with E-state index in [0.29, 0.717) is 6.42 Å². The molecule has 1 atom stereocenters. The lowest BCUT2D eigenvalue weighted by Gasteiger charge is -2.21. The Labute approximate surface area is 162 Å². The van der Waals surface area contributed by atoms with Gasteiger partial charge in [0.2, 0.25) is 20.0 Å². The smallest absolute Gasteiger partial charge is 0.211 e. The highest BCUT2D eigenvalue weighted by Crippen LogP contribution is 2.58. The molecule has 1 aliphatic heterocycles. The van der Waals surface area contributed by atoms with Crippen LogP contribution < -0.4 is 4.72 Å². The first-order chi connectivity index (χ1) is 12.9. The lowest BCUT2D eigenvalue weighted by molar-refractivity contribution is -0.160. The zero-order valence-electron chi connectivity index (χ0n) is 14.9. The van der Waals surface area contributed by atoms with Crippen LogP contribution in [0, 0.1) is 5.92 Å². The van der Waals surface area contributed by atoms with Crippen molar-refractivity contribution in [2.24, 2.45) is 5.92 Å². The molecule has 3 rings (SSSR count). The molecule has 0 aromatic heterocycles. The van der Waals surface area contributed by atoms with Gasteiger partial charge in [0, 0.05) is 25.0 Å². The van der Waals surface area contributed by atoms with Crippen LogP contribution in [0.5, 0.6) is 0 Å². The summed E-state index contributed by atoms with van der Waals surface area (Å²) in [4.78, 5) is -0.0680. The molecule has 6 nitrogen and oxygen atoms in total. The van der Waals surface area contributed by atoms with Gasteiger partial charge < -0.3 is 0 Å². The Kier molecular flexibility index (Phi) is 5.41. The maximum atomic E-state index is 13.2. The van der Waals surface area contributed by atoms with E-state index < -0.39 is 31.6 Å². The van der Waals surface area contributed by atoms with E-state index >= 15 is 0 Å². The first-order valence-corrected chi connectivity index (χ1v) is 11.7. The van der Waals surface area contributed by atoms with Crippen molar-refractivity contribution in [2.45, 2.75) is 35.7 Å². The van der Waals surface area contributed by atoms with Gasteiger partial charge in [-0.1, -0.05) is 18.7 Å². The molecule has 0 radical (unpaired) electrons. The van der Waals surface area contributed by atoms with Crippen molar-refractivity contribution < 1.29 is 30.0 Å². The fourth-order valence-electron chi connectivity index (χ4n) is 3.43. The summed E-state index contributed by atoms with van der Waals surface area (Å²) >= 11 is 0. The molecule has 1 saturated carbocycles. The Morgan fingerprint density at radius 2 is 1.79 bits per heavy atom. The average Bonchev–Trinajstić information content (AvgIpc) is 3.32. The number of alkyl halides is 3. The molecule has 1 aliphatic carbocycles. The van der Waals surface area contributed by atoms with E-state index in [0.717, 1.165) is 5.41 Å². The van der Waals surface area contributed by atoms with Crippen LogP contribution in [0.15, 0.2) is 41.1 Å². The van der Waals surface area contributed by atoms with Gasteiger partial charge in [0.1, 0.15) is 0 Å². The zero-order valence-corrected chi connectivity index (χ0v) is 16.6. The number of benzene rings is 1. The molecule has 2 fully saturated rings. The fourth-order valence-corrected chi connectivity index (χ4v) is 5.55. The molecule has 2 aliphatic rings. The summed E-state index contributed by atoms with van der Waals surface area (Å²) in [6.45, 7) is 3.63. The number of rotatable bonds is 7. The molecule has 0 amide bonds. The van der Waals surface area contributed by atoms with E-state index in [-0.39, 0.29) is 48.9 Å². The van der Waals surface area contributed by atoms with Crippen molar-refractivity contribution in [2.75, 3.05) is 19.6 Å². The van der Waals surface area contributed by atoms with Crippen molar-refractivity contribution in [1.82, 2.24) is 9.03 Å². The van der Waals surface area contributed by atoms with E-state index in [1.165, 1.54) is 28.6 Å². The summed E-state index contributed by atoms with van der Waals surface area (Å²) in [5.41, 5.74) is -1.77. The minimum absolute atomic E-state index is 0.0109. The second kappa shape index (κ2) is 7.12. The molecular weight excluding hydrogens is 417 g/mol. The zero-order chi connectivity index (χ0) is 20.8. The van der Waals surface area contributed by atoms with Gasteiger partial charge in [-0.2, -0.15) is 17.5 Å². The maximum Gasteiger partial charge on any atom is 0.398 e. The third kappa shape index (κ3) is 3.98. The van der Waals surface area contributed by atoms with Crippen molar-refractivity contribution in [3.63, 3.8) is 0 Å². The van der Waals surface area contributed by atoms with Gasteiger partial charge in [-0.15, -0.1) is 0 Å². The number of halogens is 3. The van der Waals surface area contributed by atoms with Crippen LogP contribution in [0.4, 0.5) is 13.2 Å². The fraction of sp³-hybridized carbons (Fsp3) is 0.529. The minimum Gasteiger partial charge on any atom is -0.211 e. The standard InChI is InChI=1S/C17H21F3N2O4S2/c1-2-27(23,24)21-11-13-7-10-22(12-13)28(25,26)15-5-3-14(4-6-15)16(8-9-16)17(18,19)20/h2-6,13,21H,1,7-12H2. The van der Waals surface area contributed by atoms with Crippen LogP contribution in [0.1, 0.15) is 24.8 Å². The average molecular weight is 438 g/mol. The first kappa shape index (κ1) is 21.3. The summed E-state index contributed by atoms with van der Waals surface area (Å²) in [5.74, 6) is -0.191. The van der Waals surface area contributed by atoms with E-state index in [9.17, 15) is 30.0 Å². The number of hydrogen-bond donors (Lipinski definition) is 1. The molecule has 156 valence electrons. The van der Waals surface area contributed by atoms with Crippen molar-refractivity contribution in [1.29, 1.82) is 0 Å². The van der Waals surface area contributed by atoms with E-state index in [4.69, 9.17) is 0 Å². The summed E-state index contributed by atoms with van der Waals surface area (Å²) in [6, 6.07) is 4.90. The molecular formula is C17H21F3N2O4S2. The Morgan fingerprint density at radius 3 is 2.29 bits per heavy atom. The topological polar surface area (TPSA) is 83.6 Å². The Balaban J connectivity index is 1.69. The van der Waals surface area contributed by atoms with E-state index in [1.54, 1.807) is 0 Å². The molecule has 1 aromatic rings. The Hall–Kier alpha value is -1.43. The van der Waals surface area contributed by atoms with Crippen LogP contribution in [0.25, 0.3) is 0 Å². The van der Waals surface area contributed by atoms with E-state index in [2.05, 4.69) is 11.3 Å². The SMILES string of the molecule is C=CS(=O)(=O)NCC1CCN(S(=O)(=O)c2ccc(C3(C(F)(F)F)CC3)cc2)C1. The first-order valence-electron chi connectivity index (χ1n) is 8.71. The number of nitrogens with zero attached hydrogens (tertiary/aromatic N) is 1. The maximum absolute atomic E-state index is 13.2. The van der Waals surface area contributed by atoms with Gasteiger partial charge in [0.15, 0.2) is 0 Å². The van der Waals surface area contributed by atoms with Crippen molar-refractivity contribution in [3.05, 3.63) is 41.8 Å². The Bertz CT molecular complexity index is 953. The molecule has 1 unspecified atom stereocenters. The number of nitrogens with one attached hydrogen (secondary N) is 1. The van der Waals surface area contributed by atoms with Gasteiger partial charge >= 0.3 is 6.18 Å². The van der Waals surface area contributed by atoms with Crippen molar-refractivity contribution in [3.8, 4) is 0 Å². The predicted octanol–water partition coefficient (Wildman–Crippen LogP) is 2.35. The molecule has 1 heterocycles. The van der Waals surface area contributed by atoms with Crippen molar-refractivity contribution >= 4 is 20.0 Å². The molecule has 28 heavy (non-hydrogen) atoms. The number of sulfonamides is 2. The molecule has 1 N–H and O–H groups in total. The van der Waals surface area contributed by atoms with Crippen LogP contribution in [-0.2, 0) is 25.5 Å². The van der Waals surface area contributed by atoms with Crippen LogP contribution in [-0.4, -0.2) is 47.0 Å². The highest BCUT2D eigenvalue weighted by Gasteiger charge is 2.64. The third-order valence-corrected chi connectivity index (χ3v) is 8.27.